The average molecular weight is 423 g/mol. The molecule has 0 radical (unpaired) electrons. The maximum Gasteiger partial charge on any atom is 0.277 e. The van der Waals surface area contributed by atoms with Crippen molar-refractivity contribution in [2.45, 2.75) is 0 Å². The van der Waals surface area contributed by atoms with E-state index in [9.17, 15) is 4.79 Å². The van der Waals surface area contributed by atoms with Crippen LogP contribution in [0.3, 0.4) is 0 Å². The van der Waals surface area contributed by atoms with E-state index >= 15 is 0 Å². The summed E-state index contributed by atoms with van der Waals surface area (Å²) in [6.07, 6.45) is 0. The second-order valence-corrected chi connectivity index (χ2v) is 7.02. The van der Waals surface area contributed by atoms with Crippen LogP contribution in [0.5, 0.6) is 5.75 Å². The van der Waals surface area contributed by atoms with Gasteiger partial charge in [-0.3, -0.25) is 10.1 Å². The van der Waals surface area contributed by atoms with Gasteiger partial charge in [0.25, 0.3) is 5.91 Å². The number of thiazole rings is 1. The van der Waals surface area contributed by atoms with E-state index in [1.165, 1.54) is 11.3 Å². The lowest BCUT2D eigenvalue weighted by atomic mass is 10.3. The maximum atomic E-state index is 12.4. The molecule has 0 saturated heterocycles. The molecule has 0 unspecified atom stereocenters. The predicted octanol–water partition coefficient (Wildman–Crippen LogP) is 5.57. The number of rotatable bonds is 3. The Hall–Kier alpha value is -1.31. The number of amides is 1. The topological polar surface area (TPSA) is 64.1 Å². The van der Waals surface area contributed by atoms with Crippen LogP contribution in [0.25, 0.3) is 10.2 Å². The van der Waals surface area contributed by atoms with Crippen LogP contribution in [0.15, 0.2) is 18.2 Å². The number of hydrogen-bond acceptors (Lipinski definition) is 5. The average Bonchev–Trinajstić information content (AvgIpc) is 2.97. The number of nitrogens with zero attached hydrogens (tertiary/aromatic N) is 2. The molecule has 1 amide bonds. The summed E-state index contributed by atoms with van der Waals surface area (Å²) in [5.74, 6) is 0.108. The molecule has 124 valence electrons. The van der Waals surface area contributed by atoms with E-state index in [1.807, 2.05) is 6.07 Å². The lowest BCUT2D eigenvalue weighted by molar-refractivity contribution is 0.102. The van der Waals surface area contributed by atoms with E-state index in [-0.39, 0.29) is 25.9 Å². The van der Waals surface area contributed by atoms with E-state index in [2.05, 4.69) is 15.3 Å². The number of carbonyl (C=O) groups is 1. The highest BCUT2D eigenvalue weighted by Crippen LogP contribution is 2.36. The largest absolute Gasteiger partial charge is 0.497 e. The van der Waals surface area contributed by atoms with Gasteiger partial charge in [0.15, 0.2) is 10.8 Å². The zero-order chi connectivity index (χ0) is 17.4. The number of hydrogen-bond donors (Lipinski definition) is 1. The summed E-state index contributed by atoms with van der Waals surface area (Å²) >= 11 is 24.9. The van der Waals surface area contributed by atoms with Crippen molar-refractivity contribution in [2.24, 2.45) is 0 Å². The minimum absolute atomic E-state index is 0.00744. The fourth-order valence-electron chi connectivity index (χ4n) is 1.88. The quantitative estimate of drug-likeness (QED) is 0.560. The molecule has 0 aliphatic heterocycles. The molecule has 1 aromatic carbocycles. The van der Waals surface area contributed by atoms with Crippen molar-refractivity contribution < 1.29 is 9.53 Å². The highest BCUT2D eigenvalue weighted by atomic mass is 35.5. The smallest absolute Gasteiger partial charge is 0.277 e. The molecular formula is C14H7Cl4N3O2S. The molecule has 2 aromatic heterocycles. The summed E-state index contributed by atoms with van der Waals surface area (Å²) in [6.45, 7) is 0. The number of fused-ring (bicyclic) bond motifs is 1. The van der Waals surface area contributed by atoms with Crippen LogP contribution in [0.1, 0.15) is 10.5 Å². The van der Waals surface area contributed by atoms with Gasteiger partial charge in [0, 0.05) is 0 Å². The van der Waals surface area contributed by atoms with Gasteiger partial charge in [0.2, 0.25) is 0 Å². The number of aromatic nitrogens is 2. The van der Waals surface area contributed by atoms with E-state index < -0.39 is 5.91 Å². The van der Waals surface area contributed by atoms with Crippen LogP contribution in [-0.4, -0.2) is 23.0 Å². The van der Waals surface area contributed by atoms with Gasteiger partial charge in [-0.05, 0) is 18.2 Å². The molecule has 0 spiro atoms. The van der Waals surface area contributed by atoms with Crippen molar-refractivity contribution in [3.63, 3.8) is 0 Å². The number of benzene rings is 1. The number of anilines is 1. The highest BCUT2D eigenvalue weighted by molar-refractivity contribution is 7.22. The van der Waals surface area contributed by atoms with Crippen molar-refractivity contribution >= 4 is 79.0 Å². The van der Waals surface area contributed by atoms with Gasteiger partial charge in [-0.2, -0.15) is 0 Å². The fraction of sp³-hybridized carbons (Fsp3) is 0.0714. The molecule has 3 aromatic rings. The minimum Gasteiger partial charge on any atom is -0.497 e. The number of ether oxygens (including phenoxy) is 1. The van der Waals surface area contributed by atoms with Gasteiger partial charge in [-0.1, -0.05) is 57.7 Å². The van der Waals surface area contributed by atoms with Crippen molar-refractivity contribution in [1.82, 2.24) is 9.97 Å². The molecular weight excluding hydrogens is 416 g/mol. The summed E-state index contributed by atoms with van der Waals surface area (Å²) < 4.78 is 6.01. The van der Waals surface area contributed by atoms with Gasteiger partial charge in [0.1, 0.15) is 10.9 Å². The molecule has 0 atom stereocenters. The summed E-state index contributed by atoms with van der Waals surface area (Å²) in [4.78, 5) is 20.6. The highest BCUT2D eigenvalue weighted by Gasteiger charge is 2.21. The first-order chi connectivity index (χ1) is 11.4. The van der Waals surface area contributed by atoms with Gasteiger partial charge in [-0.15, -0.1) is 0 Å². The third-order valence-corrected chi connectivity index (χ3v) is 5.63. The Labute approximate surface area is 160 Å². The number of pyridine rings is 1. The Bertz CT molecular complexity index is 961. The minimum atomic E-state index is -0.591. The Balaban J connectivity index is 1.93. The molecule has 3 rings (SSSR count). The van der Waals surface area contributed by atoms with Gasteiger partial charge >= 0.3 is 0 Å². The molecule has 0 bridgehead atoms. The van der Waals surface area contributed by atoms with Crippen molar-refractivity contribution in [1.29, 1.82) is 0 Å². The third kappa shape index (κ3) is 3.25. The van der Waals surface area contributed by atoms with Crippen molar-refractivity contribution in [2.75, 3.05) is 12.4 Å². The lowest BCUT2D eigenvalue weighted by Gasteiger charge is -2.07. The Kier molecular flexibility index (Phi) is 5.03. The van der Waals surface area contributed by atoms with Crippen LogP contribution in [0.4, 0.5) is 5.13 Å². The molecule has 5 nitrogen and oxygen atoms in total. The molecule has 0 aliphatic carbocycles. The zero-order valence-corrected chi connectivity index (χ0v) is 15.7. The predicted molar refractivity (Wildman–Crippen MR) is 98.4 cm³/mol. The first-order valence-electron chi connectivity index (χ1n) is 6.36. The Morgan fingerprint density at radius 2 is 1.88 bits per heavy atom. The summed E-state index contributed by atoms with van der Waals surface area (Å²) in [5.41, 5.74) is 0.593. The van der Waals surface area contributed by atoms with E-state index in [1.54, 1.807) is 19.2 Å². The van der Waals surface area contributed by atoms with Gasteiger partial charge in [0.05, 0.1) is 32.4 Å². The molecule has 0 aliphatic rings. The first kappa shape index (κ1) is 17.5. The van der Waals surface area contributed by atoms with Crippen LogP contribution >= 0.6 is 57.7 Å². The normalized spacial score (nSPS) is 10.9. The Morgan fingerprint density at radius 3 is 2.58 bits per heavy atom. The molecule has 24 heavy (non-hydrogen) atoms. The number of methoxy groups -OCH3 is 1. The monoisotopic (exact) mass is 421 g/mol. The van der Waals surface area contributed by atoms with Crippen molar-refractivity contribution in [3.05, 3.63) is 44.1 Å². The maximum absolute atomic E-state index is 12.4. The summed E-state index contributed by atoms with van der Waals surface area (Å²) in [7, 11) is 1.58. The van der Waals surface area contributed by atoms with Gasteiger partial charge < -0.3 is 4.74 Å². The number of nitrogens with one attached hydrogen (secondary N) is 1. The SMILES string of the molecule is COc1ccc2nc(NC(=O)c3nc(Cl)c(Cl)c(Cl)c3Cl)sc2c1. The van der Waals surface area contributed by atoms with Crippen LogP contribution < -0.4 is 10.1 Å². The zero-order valence-electron chi connectivity index (χ0n) is 11.9. The van der Waals surface area contributed by atoms with Gasteiger partial charge in [-0.25, -0.2) is 9.97 Å². The third-order valence-electron chi connectivity index (χ3n) is 3.02. The van der Waals surface area contributed by atoms with Crippen LogP contribution in [-0.2, 0) is 0 Å². The molecule has 1 N–H and O–H groups in total. The second kappa shape index (κ2) is 6.90. The summed E-state index contributed by atoms with van der Waals surface area (Å²) in [6, 6.07) is 5.40. The second-order valence-electron chi connectivity index (χ2n) is 4.50. The first-order valence-corrected chi connectivity index (χ1v) is 8.69. The molecule has 0 fully saturated rings. The number of carbonyl (C=O) groups excluding carboxylic acids is 1. The van der Waals surface area contributed by atoms with Crippen LogP contribution in [0, 0.1) is 0 Å². The lowest BCUT2D eigenvalue weighted by Crippen LogP contribution is -2.14. The van der Waals surface area contributed by atoms with Crippen molar-refractivity contribution in [3.8, 4) is 5.75 Å². The molecule has 0 saturated carbocycles. The fourth-order valence-corrected chi connectivity index (χ4v) is 3.58. The van der Waals surface area contributed by atoms with E-state index in [4.69, 9.17) is 51.1 Å². The summed E-state index contributed by atoms with van der Waals surface area (Å²) in [5, 5.41) is 2.78. The standard InChI is InChI=1S/C14H7Cl4N3O2S/c1-23-5-2-3-6-7(4-5)24-14(19-6)21-13(22)11-9(16)8(15)10(17)12(18)20-11/h2-4H,1H3,(H,19,21,22). The van der Waals surface area contributed by atoms with E-state index in [0.29, 0.717) is 10.9 Å². The molecule has 2 heterocycles. The van der Waals surface area contributed by atoms with Crippen LogP contribution in [0.2, 0.25) is 20.2 Å². The molecule has 10 heteroatoms. The number of halogens is 4. The van der Waals surface area contributed by atoms with E-state index in [0.717, 1.165) is 10.2 Å². The Morgan fingerprint density at radius 1 is 1.12 bits per heavy atom.